The maximum Gasteiger partial charge on any atom is 0.339 e. The van der Waals surface area contributed by atoms with Crippen LogP contribution in [0.1, 0.15) is 31.8 Å². The van der Waals surface area contributed by atoms with Crippen LogP contribution >= 0.6 is 0 Å². The molecule has 0 heterocycles. The third kappa shape index (κ3) is 5.39. The van der Waals surface area contributed by atoms with Gasteiger partial charge in [0, 0.05) is 6.21 Å². The Hall–Kier alpha value is -4.33. The number of ether oxygens (including phenoxy) is 2. The molecule has 0 aromatic heterocycles. The zero-order chi connectivity index (χ0) is 22.4. The quantitative estimate of drug-likeness (QED) is 0.467. The molecular weight excluding hydrogens is 402 g/mol. The number of carboxylic acid groups (broad SMARTS) is 2. The highest BCUT2D eigenvalue weighted by molar-refractivity contribution is 5.92. The smallest absolute Gasteiger partial charge is 0.339 e. The molecule has 3 aromatic rings. The van der Waals surface area contributed by atoms with E-state index in [9.17, 15) is 14.7 Å². The molecule has 3 N–H and O–H groups in total. The van der Waals surface area contributed by atoms with Crippen molar-refractivity contribution in [1.82, 2.24) is 0 Å². The molecule has 0 aliphatic carbocycles. The van der Waals surface area contributed by atoms with Gasteiger partial charge in [-0.15, -0.1) is 0 Å². The lowest BCUT2D eigenvalue weighted by Crippen LogP contribution is -2.00. The van der Waals surface area contributed by atoms with Gasteiger partial charge in [-0.05, 0) is 59.7 Å². The second kappa shape index (κ2) is 9.45. The predicted molar refractivity (Wildman–Crippen MR) is 113 cm³/mol. The largest absolute Gasteiger partial charge is 0.507 e. The molecule has 0 unspecified atom stereocenters. The number of benzene rings is 3. The van der Waals surface area contributed by atoms with Crippen molar-refractivity contribution in [3.05, 3.63) is 82.9 Å². The first-order valence-corrected chi connectivity index (χ1v) is 9.11. The van der Waals surface area contributed by atoms with Crippen molar-refractivity contribution in [3.8, 4) is 17.2 Å². The first kappa shape index (κ1) is 21.4. The highest BCUT2D eigenvalue weighted by atomic mass is 16.5. The van der Waals surface area contributed by atoms with Gasteiger partial charge in [0.2, 0.25) is 0 Å². The van der Waals surface area contributed by atoms with Gasteiger partial charge in [-0.25, -0.2) is 9.59 Å². The summed E-state index contributed by atoms with van der Waals surface area (Å²) in [5, 5.41) is 27.6. The molecule has 0 aliphatic rings. The number of aromatic hydroxyl groups is 1. The van der Waals surface area contributed by atoms with E-state index in [2.05, 4.69) is 4.99 Å². The minimum atomic E-state index is -1.24. The van der Waals surface area contributed by atoms with E-state index in [4.69, 9.17) is 19.7 Å². The second-order valence-electron chi connectivity index (χ2n) is 6.47. The van der Waals surface area contributed by atoms with Crippen LogP contribution in [0.4, 0.5) is 5.69 Å². The molecule has 3 rings (SSSR count). The number of nitrogens with zero attached hydrogens (tertiary/aromatic N) is 1. The summed E-state index contributed by atoms with van der Waals surface area (Å²) in [4.78, 5) is 26.3. The van der Waals surface area contributed by atoms with Crippen molar-refractivity contribution >= 4 is 23.8 Å². The fraction of sp³-hybridized carbons (Fsp3) is 0.0870. The van der Waals surface area contributed by atoms with E-state index in [1.54, 1.807) is 30.3 Å². The van der Waals surface area contributed by atoms with Gasteiger partial charge >= 0.3 is 11.9 Å². The lowest BCUT2D eigenvalue weighted by atomic mass is 10.1. The number of hydrogen-bond acceptors (Lipinski definition) is 6. The van der Waals surface area contributed by atoms with E-state index < -0.39 is 11.9 Å². The fourth-order valence-corrected chi connectivity index (χ4v) is 2.71. The van der Waals surface area contributed by atoms with Crippen LogP contribution < -0.4 is 9.47 Å². The Morgan fingerprint density at radius 3 is 2.32 bits per heavy atom. The lowest BCUT2D eigenvalue weighted by molar-refractivity contribution is 0.0684. The van der Waals surface area contributed by atoms with E-state index >= 15 is 0 Å². The average Bonchev–Trinajstić information content (AvgIpc) is 2.77. The number of phenols is 1. The Morgan fingerprint density at radius 1 is 0.935 bits per heavy atom. The van der Waals surface area contributed by atoms with Crippen molar-refractivity contribution < 1.29 is 34.4 Å². The number of methoxy groups -OCH3 is 1. The lowest BCUT2D eigenvalue weighted by Gasteiger charge is -2.11. The molecule has 158 valence electrons. The Morgan fingerprint density at radius 2 is 1.68 bits per heavy atom. The molecule has 0 radical (unpaired) electrons. The van der Waals surface area contributed by atoms with Crippen molar-refractivity contribution in [2.24, 2.45) is 4.99 Å². The number of aromatic carboxylic acids is 2. The molecule has 8 nitrogen and oxygen atoms in total. The van der Waals surface area contributed by atoms with Gasteiger partial charge in [0.25, 0.3) is 0 Å². The molecule has 0 fully saturated rings. The number of aliphatic imine (C=N–C) groups is 1. The molecular formula is C23H19NO7. The van der Waals surface area contributed by atoms with Crippen LogP contribution in [0.2, 0.25) is 0 Å². The normalized spacial score (nSPS) is 10.7. The molecule has 0 saturated carbocycles. The van der Waals surface area contributed by atoms with Gasteiger partial charge in [-0.3, -0.25) is 4.99 Å². The van der Waals surface area contributed by atoms with Crippen LogP contribution in [0.5, 0.6) is 17.2 Å². The van der Waals surface area contributed by atoms with Crippen molar-refractivity contribution in [2.45, 2.75) is 6.61 Å². The number of hydrogen-bond donors (Lipinski definition) is 3. The number of rotatable bonds is 8. The van der Waals surface area contributed by atoms with E-state index in [1.807, 2.05) is 0 Å². The van der Waals surface area contributed by atoms with Gasteiger partial charge in [-0.1, -0.05) is 12.1 Å². The Balaban J connectivity index is 1.72. The fourth-order valence-electron chi connectivity index (χ4n) is 2.71. The van der Waals surface area contributed by atoms with Crippen molar-refractivity contribution in [1.29, 1.82) is 0 Å². The number of carboxylic acids is 2. The van der Waals surface area contributed by atoms with Crippen LogP contribution in [0.25, 0.3) is 0 Å². The van der Waals surface area contributed by atoms with Crippen LogP contribution in [-0.4, -0.2) is 40.6 Å². The summed E-state index contributed by atoms with van der Waals surface area (Å²) in [5.41, 5.74) is 1.85. The van der Waals surface area contributed by atoms with Crippen molar-refractivity contribution in [2.75, 3.05) is 7.11 Å². The van der Waals surface area contributed by atoms with Gasteiger partial charge in [0.1, 0.15) is 17.9 Å². The predicted octanol–water partition coefficient (Wildman–Crippen LogP) is 4.13. The van der Waals surface area contributed by atoms with Gasteiger partial charge in [0.05, 0.1) is 18.4 Å². The summed E-state index contributed by atoms with van der Waals surface area (Å²) >= 11 is 0. The first-order chi connectivity index (χ1) is 14.9. The van der Waals surface area contributed by atoms with E-state index in [0.717, 1.165) is 5.56 Å². The molecule has 3 aromatic carbocycles. The SMILES string of the molecule is COc1cc(C=Nc2ccc(O)c(C(=O)O)c2)ccc1OCc1ccc(C(=O)O)cc1. The Bertz CT molecular complexity index is 1140. The minimum absolute atomic E-state index is 0.203. The molecule has 0 atom stereocenters. The van der Waals surface area contributed by atoms with Crippen LogP contribution in [0, 0.1) is 0 Å². The standard InChI is InChI=1S/C23H19NO7/c1-30-21-10-15(12-24-17-7-8-19(25)18(11-17)23(28)29)4-9-20(21)31-13-14-2-5-16(6-3-14)22(26)27/h2-12,25H,13H2,1H3,(H,26,27)(H,28,29). The van der Waals surface area contributed by atoms with Gasteiger partial charge in [0.15, 0.2) is 11.5 Å². The molecule has 0 spiro atoms. The van der Waals surface area contributed by atoms with E-state index in [-0.39, 0.29) is 23.5 Å². The van der Waals surface area contributed by atoms with Crippen LogP contribution in [-0.2, 0) is 6.61 Å². The summed E-state index contributed by atoms with van der Waals surface area (Å²) in [6.45, 7) is 0.231. The molecule has 0 aliphatic heterocycles. The maximum absolute atomic E-state index is 11.1. The Labute approximate surface area is 177 Å². The summed E-state index contributed by atoms with van der Waals surface area (Å²) in [6.07, 6.45) is 1.54. The average molecular weight is 421 g/mol. The summed E-state index contributed by atoms with van der Waals surface area (Å²) in [6, 6.07) is 15.6. The minimum Gasteiger partial charge on any atom is -0.507 e. The highest BCUT2D eigenvalue weighted by Gasteiger charge is 2.10. The maximum atomic E-state index is 11.1. The monoisotopic (exact) mass is 421 g/mol. The van der Waals surface area contributed by atoms with Gasteiger partial charge < -0.3 is 24.8 Å². The molecule has 0 amide bonds. The number of carbonyl (C=O) groups is 2. The van der Waals surface area contributed by atoms with Crippen LogP contribution in [0.3, 0.4) is 0 Å². The first-order valence-electron chi connectivity index (χ1n) is 9.11. The topological polar surface area (TPSA) is 126 Å². The van der Waals surface area contributed by atoms with E-state index in [0.29, 0.717) is 22.7 Å². The van der Waals surface area contributed by atoms with Gasteiger partial charge in [-0.2, -0.15) is 0 Å². The third-order valence-electron chi connectivity index (χ3n) is 4.36. The molecule has 0 saturated heterocycles. The summed E-state index contributed by atoms with van der Waals surface area (Å²) in [7, 11) is 1.50. The molecule has 8 heteroatoms. The van der Waals surface area contributed by atoms with Crippen LogP contribution in [0.15, 0.2) is 65.7 Å². The summed E-state index contributed by atoms with van der Waals surface area (Å²) in [5.74, 6) is -1.58. The molecule has 31 heavy (non-hydrogen) atoms. The zero-order valence-corrected chi connectivity index (χ0v) is 16.5. The van der Waals surface area contributed by atoms with E-state index in [1.165, 1.54) is 43.7 Å². The third-order valence-corrected chi connectivity index (χ3v) is 4.36. The second-order valence-corrected chi connectivity index (χ2v) is 6.47. The van der Waals surface area contributed by atoms with Crippen molar-refractivity contribution in [3.63, 3.8) is 0 Å². The Kier molecular flexibility index (Phi) is 6.51. The zero-order valence-electron chi connectivity index (χ0n) is 16.5. The summed E-state index contributed by atoms with van der Waals surface area (Å²) < 4.78 is 11.1. The highest BCUT2D eigenvalue weighted by Crippen LogP contribution is 2.29. The molecule has 0 bridgehead atoms.